The first-order valence-electron chi connectivity index (χ1n) is 6.94. The Morgan fingerprint density at radius 2 is 1.68 bits per heavy atom. The molecule has 2 N–H and O–H groups in total. The number of benzene rings is 2. The molecular weight excluding hydrogens is 338 g/mol. The van der Waals surface area contributed by atoms with Crippen LogP contribution in [0.25, 0.3) is 0 Å². The van der Waals surface area contributed by atoms with E-state index in [0.29, 0.717) is 0 Å². The molecule has 0 saturated carbocycles. The van der Waals surface area contributed by atoms with Crippen molar-refractivity contribution < 1.29 is 4.98 Å². The smallest absolute Gasteiger partial charge is 0.190 e. The summed E-state index contributed by atoms with van der Waals surface area (Å²) in [5.41, 5.74) is 2.89. The minimum atomic E-state index is 0.808. The summed E-state index contributed by atoms with van der Waals surface area (Å²) in [6, 6.07) is 22.0. The van der Waals surface area contributed by atoms with Gasteiger partial charge in [0.05, 0.1) is 5.69 Å². The number of pyridine rings is 1. The van der Waals surface area contributed by atoms with E-state index in [9.17, 15) is 0 Å². The highest BCUT2D eigenvalue weighted by molar-refractivity contribution is 9.10. The molecule has 0 spiro atoms. The topological polar surface area (TPSA) is 38.5 Å². The normalized spacial score (nSPS) is 11.2. The first-order valence-corrected chi connectivity index (χ1v) is 7.73. The number of H-pyrrole nitrogens is 1. The molecule has 0 unspecified atom stereocenters. The van der Waals surface area contributed by atoms with Gasteiger partial charge < -0.3 is 5.32 Å². The van der Waals surface area contributed by atoms with Crippen molar-refractivity contribution >= 4 is 33.1 Å². The van der Waals surface area contributed by atoms with Crippen molar-refractivity contribution in [1.82, 2.24) is 0 Å². The van der Waals surface area contributed by atoms with E-state index < -0.39 is 0 Å². The molecule has 0 aliphatic rings. The van der Waals surface area contributed by atoms with Crippen molar-refractivity contribution in [2.24, 2.45) is 4.99 Å². The van der Waals surface area contributed by atoms with Crippen molar-refractivity contribution in [3.05, 3.63) is 89.2 Å². The zero-order valence-electron chi connectivity index (χ0n) is 11.8. The van der Waals surface area contributed by atoms with Gasteiger partial charge in [-0.1, -0.05) is 46.3 Å². The maximum atomic E-state index is 4.74. The fourth-order valence-electron chi connectivity index (χ4n) is 2.01. The highest BCUT2D eigenvalue weighted by Gasteiger charge is 2.05. The van der Waals surface area contributed by atoms with Crippen molar-refractivity contribution in [3.8, 4) is 0 Å². The van der Waals surface area contributed by atoms with Gasteiger partial charge in [-0.2, -0.15) is 0 Å². The average Bonchev–Trinajstić information content (AvgIpc) is 2.58. The highest BCUT2D eigenvalue weighted by Crippen LogP contribution is 2.19. The molecule has 4 heteroatoms. The maximum Gasteiger partial charge on any atom is 0.190 e. The van der Waals surface area contributed by atoms with Crippen LogP contribution < -0.4 is 10.3 Å². The van der Waals surface area contributed by atoms with E-state index >= 15 is 0 Å². The highest BCUT2D eigenvalue weighted by atomic mass is 79.9. The summed E-state index contributed by atoms with van der Waals surface area (Å²) in [5, 5.41) is 3.37. The largest absolute Gasteiger partial charge is 0.335 e. The molecule has 0 aliphatic carbocycles. The Kier molecular flexibility index (Phi) is 4.61. The van der Waals surface area contributed by atoms with Gasteiger partial charge >= 0.3 is 0 Å². The standard InChI is InChI=1S/C18H14BrN3/c19-15-8-10-16(11-9-15)21-18(14-5-2-1-3-6-14)22-17-7-4-12-20-13-17/h1-13H,(H,21,22)/p+1. The van der Waals surface area contributed by atoms with Gasteiger partial charge in [0.25, 0.3) is 0 Å². The molecule has 3 aromatic rings. The van der Waals surface area contributed by atoms with Gasteiger partial charge in [-0.05, 0) is 30.3 Å². The van der Waals surface area contributed by atoms with Crippen molar-refractivity contribution in [2.75, 3.05) is 5.32 Å². The molecule has 1 heterocycles. The third-order valence-corrected chi connectivity index (χ3v) is 3.61. The van der Waals surface area contributed by atoms with Gasteiger partial charge in [-0.15, -0.1) is 0 Å². The first kappa shape index (κ1) is 14.5. The second-order valence-corrected chi connectivity index (χ2v) is 5.64. The van der Waals surface area contributed by atoms with Crippen molar-refractivity contribution in [3.63, 3.8) is 0 Å². The van der Waals surface area contributed by atoms with E-state index in [1.807, 2.05) is 79.1 Å². The summed E-state index contributed by atoms with van der Waals surface area (Å²) in [6.07, 6.45) is 3.78. The average molecular weight is 353 g/mol. The van der Waals surface area contributed by atoms with Crippen molar-refractivity contribution in [1.29, 1.82) is 0 Å². The zero-order valence-corrected chi connectivity index (χ0v) is 13.4. The number of aromatic amines is 1. The summed E-state index contributed by atoms with van der Waals surface area (Å²) in [4.78, 5) is 7.80. The summed E-state index contributed by atoms with van der Waals surface area (Å²) in [7, 11) is 0. The summed E-state index contributed by atoms with van der Waals surface area (Å²) >= 11 is 3.44. The zero-order chi connectivity index (χ0) is 15.2. The number of aliphatic imine (C=N–C) groups is 1. The molecule has 0 amide bonds. The monoisotopic (exact) mass is 352 g/mol. The maximum absolute atomic E-state index is 4.74. The van der Waals surface area contributed by atoms with E-state index in [4.69, 9.17) is 4.99 Å². The summed E-state index contributed by atoms with van der Waals surface area (Å²) in [6.45, 7) is 0. The predicted molar refractivity (Wildman–Crippen MR) is 93.4 cm³/mol. The Balaban J connectivity index is 1.97. The molecule has 2 aromatic carbocycles. The minimum Gasteiger partial charge on any atom is -0.335 e. The number of nitrogens with one attached hydrogen (secondary N) is 2. The number of nitrogens with zero attached hydrogens (tertiary/aromatic N) is 1. The molecule has 0 atom stereocenters. The number of halogens is 1. The minimum absolute atomic E-state index is 0.808. The van der Waals surface area contributed by atoms with Gasteiger partial charge in [-0.3, -0.25) is 0 Å². The van der Waals surface area contributed by atoms with Crippen LogP contribution in [0.3, 0.4) is 0 Å². The van der Waals surface area contributed by atoms with Crippen LogP contribution >= 0.6 is 15.9 Å². The molecule has 0 bridgehead atoms. The first-order chi connectivity index (χ1) is 10.8. The van der Waals surface area contributed by atoms with Gasteiger partial charge in [0.2, 0.25) is 0 Å². The molecule has 108 valence electrons. The Morgan fingerprint density at radius 1 is 0.909 bits per heavy atom. The molecule has 0 saturated heterocycles. The Morgan fingerprint density at radius 3 is 2.36 bits per heavy atom. The van der Waals surface area contributed by atoms with E-state index in [0.717, 1.165) is 27.2 Å². The molecule has 0 fully saturated rings. The van der Waals surface area contributed by atoms with E-state index in [-0.39, 0.29) is 0 Å². The molecular formula is C18H15BrN3+. The molecule has 3 rings (SSSR count). The third kappa shape index (κ3) is 3.80. The number of amidine groups is 1. The van der Waals surface area contributed by atoms with Crippen LogP contribution in [-0.2, 0) is 0 Å². The van der Waals surface area contributed by atoms with Crippen LogP contribution in [0.15, 0.2) is 88.6 Å². The summed E-state index contributed by atoms with van der Waals surface area (Å²) < 4.78 is 1.04. The van der Waals surface area contributed by atoms with Crippen LogP contribution in [0, 0.1) is 0 Å². The van der Waals surface area contributed by atoms with Gasteiger partial charge in [0, 0.05) is 16.1 Å². The lowest BCUT2D eigenvalue weighted by Gasteiger charge is -2.09. The molecule has 1 aromatic heterocycles. The van der Waals surface area contributed by atoms with Gasteiger partial charge in [-0.25, -0.2) is 9.98 Å². The number of aromatic nitrogens is 1. The number of rotatable bonds is 3. The molecule has 0 radical (unpaired) electrons. The lowest BCUT2D eigenvalue weighted by atomic mass is 10.2. The van der Waals surface area contributed by atoms with E-state index in [1.54, 1.807) is 0 Å². The van der Waals surface area contributed by atoms with Gasteiger partial charge in [0.15, 0.2) is 12.4 Å². The second kappa shape index (κ2) is 7.00. The fourth-order valence-corrected chi connectivity index (χ4v) is 2.28. The number of hydrogen-bond acceptors (Lipinski definition) is 1. The molecule has 0 aliphatic heterocycles. The second-order valence-electron chi connectivity index (χ2n) is 4.72. The van der Waals surface area contributed by atoms with Gasteiger partial charge in [0.1, 0.15) is 11.5 Å². The third-order valence-electron chi connectivity index (χ3n) is 3.08. The lowest BCUT2D eigenvalue weighted by molar-refractivity contribution is -0.377. The van der Waals surface area contributed by atoms with Crippen molar-refractivity contribution in [2.45, 2.75) is 0 Å². The summed E-state index contributed by atoms with van der Waals surface area (Å²) in [5.74, 6) is 0.808. The molecule has 22 heavy (non-hydrogen) atoms. The quantitative estimate of drug-likeness (QED) is 0.548. The van der Waals surface area contributed by atoms with E-state index in [1.165, 1.54) is 0 Å². The van der Waals surface area contributed by atoms with Crippen LogP contribution in [-0.4, -0.2) is 5.84 Å². The predicted octanol–water partition coefficient (Wildman–Crippen LogP) is 4.45. The Labute approximate surface area is 137 Å². The number of hydrogen-bond donors (Lipinski definition) is 1. The van der Waals surface area contributed by atoms with Crippen LogP contribution in [0.5, 0.6) is 0 Å². The Hall–Kier alpha value is -2.46. The Bertz CT molecular complexity index is 753. The lowest BCUT2D eigenvalue weighted by Crippen LogP contribution is -2.15. The van der Waals surface area contributed by atoms with Crippen LogP contribution in [0.2, 0.25) is 0 Å². The van der Waals surface area contributed by atoms with Crippen LogP contribution in [0.1, 0.15) is 5.56 Å². The van der Waals surface area contributed by atoms with E-state index in [2.05, 4.69) is 26.2 Å². The molecule has 3 nitrogen and oxygen atoms in total. The fraction of sp³-hybridized carbons (Fsp3) is 0. The SMILES string of the molecule is Brc1ccc(N=C(Nc2ccc[nH+]c2)c2ccccc2)cc1. The number of anilines is 1. The van der Waals surface area contributed by atoms with Crippen LogP contribution in [0.4, 0.5) is 11.4 Å².